The van der Waals surface area contributed by atoms with Gasteiger partial charge in [0.05, 0.1) is 13.2 Å². The Hall–Kier alpha value is -2.45. The second-order valence-corrected chi connectivity index (χ2v) is 5.72. The van der Waals surface area contributed by atoms with Crippen LogP contribution in [0, 0.1) is 0 Å². The number of rotatable bonds is 7. The van der Waals surface area contributed by atoms with E-state index in [0.29, 0.717) is 31.5 Å². The van der Waals surface area contributed by atoms with Gasteiger partial charge >= 0.3 is 12.0 Å². The van der Waals surface area contributed by atoms with Crippen LogP contribution in [-0.4, -0.2) is 53.2 Å². The van der Waals surface area contributed by atoms with Crippen LogP contribution >= 0.6 is 0 Å². The zero-order chi connectivity index (χ0) is 17.5. The van der Waals surface area contributed by atoms with Crippen LogP contribution in [-0.2, 0) is 27.4 Å². The highest BCUT2D eigenvalue weighted by Crippen LogP contribution is 2.15. The fourth-order valence-corrected chi connectivity index (χ4v) is 2.53. The maximum Gasteiger partial charge on any atom is 0.316 e. The zero-order valence-corrected chi connectivity index (χ0v) is 14.1. The second-order valence-electron chi connectivity index (χ2n) is 5.72. The monoisotopic (exact) mass is 347 g/mol. The number of morpholine rings is 1. The number of aromatic nitrogens is 2. The van der Waals surface area contributed by atoms with E-state index in [2.05, 4.69) is 14.9 Å². The summed E-state index contributed by atoms with van der Waals surface area (Å²) in [5, 5.41) is 0. The van der Waals surface area contributed by atoms with Gasteiger partial charge in [0.15, 0.2) is 0 Å². The van der Waals surface area contributed by atoms with Crippen LogP contribution in [0.3, 0.4) is 0 Å². The van der Waals surface area contributed by atoms with Crippen LogP contribution in [0.4, 0.5) is 0 Å². The molecule has 0 saturated carbocycles. The summed E-state index contributed by atoms with van der Waals surface area (Å²) < 4.78 is 21.9. The summed E-state index contributed by atoms with van der Waals surface area (Å²) in [6.07, 6.45) is 3.23. The number of hydrogen-bond donors (Lipinski definition) is 0. The first-order valence-electron chi connectivity index (χ1n) is 8.14. The fourth-order valence-electron chi connectivity index (χ4n) is 2.53. The maximum atomic E-state index is 10.8. The van der Waals surface area contributed by atoms with Crippen LogP contribution < -0.4 is 4.74 Å². The molecule has 0 aliphatic carbocycles. The molecule has 0 aromatic carbocycles. The van der Waals surface area contributed by atoms with Crippen molar-refractivity contribution in [3.05, 3.63) is 42.1 Å². The number of carbonyl (C=O) groups excluding carboxylic acids is 1. The van der Waals surface area contributed by atoms with Gasteiger partial charge in [-0.3, -0.25) is 9.69 Å². The highest BCUT2D eigenvalue weighted by Gasteiger charge is 2.22. The molecule has 1 aliphatic heterocycles. The van der Waals surface area contributed by atoms with Crippen LogP contribution in [0.2, 0.25) is 0 Å². The molecule has 8 nitrogen and oxygen atoms in total. The Kier molecular flexibility index (Phi) is 5.97. The highest BCUT2D eigenvalue weighted by molar-refractivity contribution is 5.65. The van der Waals surface area contributed by atoms with Crippen molar-refractivity contribution in [1.29, 1.82) is 0 Å². The third-order valence-electron chi connectivity index (χ3n) is 3.68. The predicted molar refractivity (Wildman–Crippen MR) is 86.7 cm³/mol. The maximum absolute atomic E-state index is 10.8. The summed E-state index contributed by atoms with van der Waals surface area (Å²) in [4.78, 5) is 21.1. The van der Waals surface area contributed by atoms with E-state index in [-0.39, 0.29) is 18.7 Å². The molecule has 0 amide bonds. The largest absolute Gasteiger partial charge is 0.461 e. The molecule has 1 unspecified atom stereocenters. The Morgan fingerprint density at radius 2 is 2.12 bits per heavy atom. The molecule has 0 radical (unpaired) electrons. The first-order valence-corrected chi connectivity index (χ1v) is 8.14. The third kappa shape index (κ3) is 5.54. The molecule has 1 saturated heterocycles. The van der Waals surface area contributed by atoms with E-state index >= 15 is 0 Å². The number of esters is 1. The molecule has 2 aromatic rings. The van der Waals surface area contributed by atoms with E-state index in [9.17, 15) is 4.79 Å². The van der Waals surface area contributed by atoms with E-state index in [1.54, 1.807) is 18.5 Å². The molecule has 1 atom stereocenters. The van der Waals surface area contributed by atoms with Gasteiger partial charge in [0.25, 0.3) is 0 Å². The van der Waals surface area contributed by atoms with Gasteiger partial charge in [0.2, 0.25) is 0 Å². The number of nitrogens with zero attached hydrogens (tertiary/aromatic N) is 3. The number of carbonyl (C=O) groups is 1. The molecular formula is C17H21N3O5. The minimum Gasteiger partial charge on any atom is -0.461 e. The van der Waals surface area contributed by atoms with Crippen molar-refractivity contribution in [2.75, 3.05) is 26.3 Å². The molecule has 0 N–H and O–H groups in total. The van der Waals surface area contributed by atoms with Crippen LogP contribution in [0.5, 0.6) is 6.01 Å². The Balaban J connectivity index is 1.46. The van der Waals surface area contributed by atoms with E-state index in [1.807, 2.05) is 12.1 Å². The molecule has 3 rings (SSSR count). The third-order valence-corrected chi connectivity index (χ3v) is 3.68. The van der Waals surface area contributed by atoms with Crippen molar-refractivity contribution < 1.29 is 23.4 Å². The van der Waals surface area contributed by atoms with Crippen molar-refractivity contribution in [3.8, 4) is 6.01 Å². The summed E-state index contributed by atoms with van der Waals surface area (Å²) >= 11 is 0. The van der Waals surface area contributed by atoms with Gasteiger partial charge in [-0.1, -0.05) is 0 Å². The first-order chi connectivity index (χ1) is 12.2. The van der Waals surface area contributed by atoms with Crippen LogP contribution in [0.1, 0.15) is 18.4 Å². The average Bonchev–Trinajstić information content (AvgIpc) is 3.07. The van der Waals surface area contributed by atoms with Gasteiger partial charge in [-0.25, -0.2) is 9.97 Å². The van der Waals surface area contributed by atoms with Gasteiger partial charge in [-0.2, -0.15) is 0 Å². The molecule has 1 fully saturated rings. The number of hydrogen-bond acceptors (Lipinski definition) is 8. The van der Waals surface area contributed by atoms with Crippen molar-refractivity contribution >= 4 is 5.97 Å². The number of furan rings is 1. The quantitative estimate of drug-likeness (QED) is 0.695. The lowest BCUT2D eigenvalue weighted by atomic mass is 10.2. The minimum atomic E-state index is -0.323. The van der Waals surface area contributed by atoms with Gasteiger partial charge < -0.3 is 18.6 Å². The summed E-state index contributed by atoms with van der Waals surface area (Å²) in [5.41, 5.74) is 0. The van der Waals surface area contributed by atoms with E-state index < -0.39 is 0 Å². The zero-order valence-electron chi connectivity index (χ0n) is 14.1. The standard InChI is InChI=1S/C17H21N3O5/c1-13(21)23-11-15-4-3-14(25-15)9-20-7-8-22-16(10-20)12-24-17-18-5-2-6-19-17/h2-6,16H,7-12H2,1H3. The van der Waals surface area contributed by atoms with E-state index in [4.69, 9.17) is 18.6 Å². The van der Waals surface area contributed by atoms with Crippen LogP contribution in [0.25, 0.3) is 0 Å². The van der Waals surface area contributed by atoms with Crippen molar-refractivity contribution in [3.63, 3.8) is 0 Å². The van der Waals surface area contributed by atoms with Crippen molar-refractivity contribution in [2.45, 2.75) is 26.2 Å². The molecule has 1 aliphatic rings. The molecule has 0 bridgehead atoms. The summed E-state index contributed by atoms with van der Waals surface area (Å²) in [6, 6.07) is 5.82. The van der Waals surface area contributed by atoms with Crippen LogP contribution in [0.15, 0.2) is 35.0 Å². The Labute approximate surface area is 145 Å². The lowest BCUT2D eigenvalue weighted by molar-refractivity contribution is -0.142. The molecule has 8 heteroatoms. The lowest BCUT2D eigenvalue weighted by Gasteiger charge is -2.31. The molecule has 2 aromatic heterocycles. The molecular weight excluding hydrogens is 326 g/mol. The Bertz CT molecular complexity index is 676. The molecule has 25 heavy (non-hydrogen) atoms. The number of ether oxygens (including phenoxy) is 3. The fraction of sp³-hybridized carbons (Fsp3) is 0.471. The smallest absolute Gasteiger partial charge is 0.316 e. The normalized spacial score (nSPS) is 18.0. The average molecular weight is 347 g/mol. The summed E-state index contributed by atoms with van der Waals surface area (Å²) in [5.74, 6) is 1.14. The Morgan fingerprint density at radius 3 is 2.92 bits per heavy atom. The van der Waals surface area contributed by atoms with Gasteiger partial charge in [0, 0.05) is 32.4 Å². The highest BCUT2D eigenvalue weighted by atomic mass is 16.5. The van der Waals surface area contributed by atoms with E-state index in [0.717, 1.165) is 18.8 Å². The van der Waals surface area contributed by atoms with Gasteiger partial charge in [0.1, 0.15) is 30.8 Å². The van der Waals surface area contributed by atoms with Crippen molar-refractivity contribution in [1.82, 2.24) is 14.9 Å². The summed E-state index contributed by atoms with van der Waals surface area (Å²) in [7, 11) is 0. The summed E-state index contributed by atoms with van der Waals surface area (Å²) in [6.45, 7) is 4.78. The van der Waals surface area contributed by atoms with E-state index in [1.165, 1.54) is 6.92 Å². The van der Waals surface area contributed by atoms with Gasteiger partial charge in [-0.05, 0) is 18.2 Å². The first kappa shape index (κ1) is 17.4. The topological polar surface area (TPSA) is 86.9 Å². The Morgan fingerprint density at radius 1 is 1.32 bits per heavy atom. The second kappa shape index (κ2) is 8.59. The predicted octanol–water partition coefficient (Wildman–Crippen LogP) is 1.41. The lowest BCUT2D eigenvalue weighted by Crippen LogP contribution is -2.44. The molecule has 0 spiro atoms. The molecule has 3 heterocycles. The van der Waals surface area contributed by atoms with Crippen molar-refractivity contribution in [2.24, 2.45) is 0 Å². The van der Waals surface area contributed by atoms with Gasteiger partial charge in [-0.15, -0.1) is 0 Å². The molecule has 134 valence electrons. The SMILES string of the molecule is CC(=O)OCc1ccc(CN2CCOC(COc3ncccn3)C2)o1. The minimum absolute atomic E-state index is 0.0481.